The zero-order valence-corrected chi connectivity index (χ0v) is 19.7. The van der Waals surface area contributed by atoms with Crippen LogP contribution in [0.3, 0.4) is 0 Å². The molecule has 9 heteroatoms. The number of aryl methyl sites for hydroxylation is 1. The van der Waals surface area contributed by atoms with Gasteiger partial charge in [-0.25, -0.2) is 9.97 Å². The Labute approximate surface area is 210 Å². The van der Waals surface area contributed by atoms with Crippen LogP contribution in [0.25, 0.3) is 22.5 Å². The Bertz CT molecular complexity index is 1420. The molecule has 0 unspecified atom stereocenters. The predicted octanol–water partition coefficient (Wildman–Crippen LogP) is 6.30. The molecule has 2 heterocycles. The molecule has 1 aliphatic rings. The molecule has 37 heavy (non-hydrogen) atoms. The van der Waals surface area contributed by atoms with Crippen LogP contribution in [0.2, 0.25) is 0 Å². The first-order valence-corrected chi connectivity index (χ1v) is 11.6. The van der Waals surface area contributed by atoms with Gasteiger partial charge in [-0.3, -0.25) is 9.78 Å². The van der Waals surface area contributed by atoms with Gasteiger partial charge in [-0.1, -0.05) is 30.3 Å². The van der Waals surface area contributed by atoms with E-state index >= 15 is 0 Å². The lowest BCUT2D eigenvalue weighted by molar-refractivity contribution is -0.139. The van der Waals surface area contributed by atoms with Crippen LogP contribution in [0.4, 0.5) is 13.2 Å². The fourth-order valence-electron chi connectivity index (χ4n) is 4.17. The Balaban J connectivity index is 1.34. The van der Waals surface area contributed by atoms with E-state index < -0.39 is 23.6 Å². The second kappa shape index (κ2) is 9.65. The molecule has 0 bridgehead atoms. The van der Waals surface area contributed by atoms with Gasteiger partial charge in [0.1, 0.15) is 12.4 Å². The van der Waals surface area contributed by atoms with E-state index in [-0.39, 0.29) is 18.1 Å². The maximum absolute atomic E-state index is 13.8. The number of aromatic nitrogens is 3. The average Bonchev–Trinajstić information content (AvgIpc) is 3.69. The highest BCUT2D eigenvalue weighted by atomic mass is 19.4. The summed E-state index contributed by atoms with van der Waals surface area (Å²) in [6.07, 6.45) is 0.912. The zero-order chi connectivity index (χ0) is 26.2. The molecule has 2 aromatic carbocycles. The van der Waals surface area contributed by atoms with Crippen LogP contribution >= 0.6 is 0 Å². The molecule has 1 saturated carbocycles. The molecule has 0 saturated heterocycles. The number of aliphatic carboxylic acids is 1. The fourth-order valence-corrected chi connectivity index (χ4v) is 4.17. The van der Waals surface area contributed by atoms with Crippen molar-refractivity contribution >= 4 is 5.97 Å². The summed E-state index contributed by atoms with van der Waals surface area (Å²) in [6, 6.07) is 14.0. The number of carbonyl (C=O) groups is 1. The van der Waals surface area contributed by atoms with Gasteiger partial charge in [0.15, 0.2) is 5.82 Å². The number of hydrogen-bond donors (Lipinski definition) is 1. The molecule has 188 valence electrons. The number of alkyl halides is 3. The minimum Gasteiger partial charge on any atom is -0.487 e. The topological polar surface area (TPSA) is 85.2 Å². The monoisotopic (exact) mass is 505 g/mol. The van der Waals surface area contributed by atoms with E-state index in [1.807, 2.05) is 6.92 Å². The average molecular weight is 505 g/mol. The molecule has 1 N–H and O–H groups in total. The van der Waals surface area contributed by atoms with Gasteiger partial charge < -0.3 is 9.84 Å². The van der Waals surface area contributed by atoms with E-state index in [0.717, 1.165) is 11.6 Å². The largest absolute Gasteiger partial charge is 0.487 e. The molecular formula is C28H22F3N3O3. The normalized spacial score (nSPS) is 16.9. The first-order valence-electron chi connectivity index (χ1n) is 11.6. The third-order valence-corrected chi connectivity index (χ3v) is 6.28. The molecule has 6 nitrogen and oxygen atoms in total. The standard InChI is InChI=1S/C28H22F3N3O3/c1-16-12-33-26(34-13-16)19-5-3-18(4-6-19)21-10-17(2-8-24(21)28(29,30)31)15-37-20-7-9-25(32-14-20)22-11-23(22)27(35)36/h2-10,12-14,22-23H,11,15H2,1H3,(H,35,36)/t22-,23-/m0/s1. The summed E-state index contributed by atoms with van der Waals surface area (Å²) in [6.45, 7) is 1.92. The van der Waals surface area contributed by atoms with Crippen LogP contribution < -0.4 is 4.74 Å². The highest BCUT2D eigenvalue weighted by molar-refractivity contribution is 5.75. The minimum atomic E-state index is -4.52. The van der Waals surface area contributed by atoms with Gasteiger partial charge in [0.25, 0.3) is 0 Å². The lowest BCUT2D eigenvalue weighted by atomic mass is 9.96. The van der Waals surface area contributed by atoms with Crippen LogP contribution in [0.1, 0.15) is 34.7 Å². The number of hydrogen-bond acceptors (Lipinski definition) is 5. The summed E-state index contributed by atoms with van der Waals surface area (Å²) >= 11 is 0. The van der Waals surface area contributed by atoms with Gasteiger partial charge in [0.2, 0.25) is 0 Å². The summed E-state index contributed by atoms with van der Waals surface area (Å²) in [5.74, 6) is -0.380. The molecule has 0 aliphatic heterocycles. The number of carboxylic acid groups (broad SMARTS) is 1. The second-order valence-corrected chi connectivity index (χ2v) is 9.03. The number of benzene rings is 2. The number of carboxylic acids is 1. The third-order valence-electron chi connectivity index (χ3n) is 6.28. The van der Waals surface area contributed by atoms with Crippen molar-refractivity contribution in [2.45, 2.75) is 32.0 Å². The smallest absolute Gasteiger partial charge is 0.417 e. The van der Waals surface area contributed by atoms with Crippen LogP contribution in [0, 0.1) is 12.8 Å². The Morgan fingerprint density at radius 2 is 1.68 bits per heavy atom. The van der Waals surface area contributed by atoms with Gasteiger partial charge in [0, 0.05) is 29.6 Å². The Hall–Kier alpha value is -4.27. The van der Waals surface area contributed by atoms with E-state index in [4.69, 9.17) is 9.84 Å². The molecular weight excluding hydrogens is 483 g/mol. The van der Waals surface area contributed by atoms with Crippen molar-refractivity contribution in [2.75, 3.05) is 0 Å². The minimum absolute atomic E-state index is 0.0443. The summed E-state index contributed by atoms with van der Waals surface area (Å²) in [4.78, 5) is 23.9. The van der Waals surface area contributed by atoms with Crippen LogP contribution in [0.5, 0.6) is 5.75 Å². The number of ether oxygens (including phenoxy) is 1. The zero-order valence-electron chi connectivity index (χ0n) is 19.7. The molecule has 1 aliphatic carbocycles. The lowest BCUT2D eigenvalue weighted by Crippen LogP contribution is -2.08. The Kier molecular flexibility index (Phi) is 6.37. The summed E-state index contributed by atoms with van der Waals surface area (Å²) in [5.41, 5.74) is 2.59. The number of nitrogens with zero attached hydrogens (tertiary/aromatic N) is 3. The molecule has 0 spiro atoms. The van der Waals surface area contributed by atoms with Crippen LogP contribution in [-0.2, 0) is 17.6 Å². The molecule has 5 rings (SSSR count). The number of pyridine rings is 1. The summed E-state index contributed by atoms with van der Waals surface area (Å²) in [7, 11) is 0. The van der Waals surface area contributed by atoms with Crippen molar-refractivity contribution in [2.24, 2.45) is 5.92 Å². The third kappa shape index (κ3) is 5.45. The van der Waals surface area contributed by atoms with Crippen LogP contribution in [0.15, 0.2) is 73.2 Å². The van der Waals surface area contributed by atoms with Crippen molar-refractivity contribution < 1.29 is 27.8 Å². The van der Waals surface area contributed by atoms with Gasteiger partial charge in [0.05, 0.1) is 17.7 Å². The Morgan fingerprint density at radius 1 is 0.973 bits per heavy atom. The second-order valence-electron chi connectivity index (χ2n) is 9.03. The van der Waals surface area contributed by atoms with Gasteiger partial charge in [-0.2, -0.15) is 13.2 Å². The van der Waals surface area contributed by atoms with Crippen molar-refractivity contribution in [1.29, 1.82) is 0 Å². The molecule has 1 fully saturated rings. The van der Waals surface area contributed by atoms with Gasteiger partial charge in [-0.15, -0.1) is 0 Å². The van der Waals surface area contributed by atoms with Crippen molar-refractivity contribution in [1.82, 2.24) is 15.0 Å². The maximum Gasteiger partial charge on any atom is 0.417 e. The van der Waals surface area contributed by atoms with E-state index in [1.165, 1.54) is 18.3 Å². The number of rotatable bonds is 7. The highest BCUT2D eigenvalue weighted by Crippen LogP contribution is 2.46. The van der Waals surface area contributed by atoms with E-state index in [0.29, 0.717) is 40.4 Å². The van der Waals surface area contributed by atoms with Crippen LogP contribution in [-0.4, -0.2) is 26.0 Å². The SMILES string of the molecule is Cc1cnc(-c2ccc(-c3cc(COc4ccc([C@H]5C[C@@H]5C(=O)O)nc4)ccc3C(F)(F)F)cc2)nc1. The quantitative estimate of drug-likeness (QED) is 0.317. The highest BCUT2D eigenvalue weighted by Gasteiger charge is 2.45. The first-order chi connectivity index (χ1) is 17.7. The number of halogens is 3. The molecule has 0 radical (unpaired) electrons. The van der Waals surface area contributed by atoms with Crippen molar-refractivity contribution in [3.05, 3.63) is 95.6 Å². The van der Waals surface area contributed by atoms with E-state index in [9.17, 15) is 18.0 Å². The van der Waals surface area contributed by atoms with E-state index in [1.54, 1.807) is 48.8 Å². The van der Waals surface area contributed by atoms with Gasteiger partial charge >= 0.3 is 12.1 Å². The van der Waals surface area contributed by atoms with Gasteiger partial charge in [-0.05, 0) is 59.9 Å². The Morgan fingerprint density at radius 3 is 2.27 bits per heavy atom. The molecule has 0 amide bonds. The maximum atomic E-state index is 13.8. The summed E-state index contributed by atoms with van der Waals surface area (Å²) in [5, 5.41) is 9.07. The lowest BCUT2D eigenvalue weighted by Gasteiger charge is -2.15. The van der Waals surface area contributed by atoms with E-state index in [2.05, 4.69) is 15.0 Å². The molecule has 2 aromatic heterocycles. The fraction of sp³-hybridized carbons (Fsp3) is 0.214. The summed E-state index contributed by atoms with van der Waals surface area (Å²) < 4.78 is 47.1. The molecule has 4 aromatic rings. The molecule has 2 atom stereocenters. The van der Waals surface area contributed by atoms with Crippen molar-refractivity contribution in [3.63, 3.8) is 0 Å². The first kappa shape index (κ1) is 24.4. The predicted molar refractivity (Wildman–Crippen MR) is 130 cm³/mol. The van der Waals surface area contributed by atoms with Crippen molar-refractivity contribution in [3.8, 4) is 28.3 Å².